The third kappa shape index (κ3) is 2.93. The second-order valence-electron chi connectivity index (χ2n) is 4.02. The molecular weight excluding hydrogens is 216 g/mol. The molecule has 1 heterocycles. The maximum Gasteiger partial charge on any atom is 0.307 e. The van der Waals surface area contributed by atoms with Crippen molar-refractivity contribution in [1.82, 2.24) is 9.78 Å². The Morgan fingerprint density at radius 3 is 2.41 bits per heavy atom. The molecule has 0 aliphatic carbocycles. The van der Waals surface area contributed by atoms with E-state index in [1.54, 1.807) is 6.20 Å². The highest BCUT2D eigenvalue weighted by atomic mass is 16.4. The molecule has 88 valence electrons. The number of carboxylic acids is 1. The summed E-state index contributed by atoms with van der Waals surface area (Å²) in [7, 11) is 0. The molecule has 0 atom stereocenters. The van der Waals surface area contributed by atoms with Crippen molar-refractivity contribution in [3.05, 3.63) is 53.3 Å². The first-order valence-corrected chi connectivity index (χ1v) is 5.43. The zero-order valence-corrected chi connectivity index (χ0v) is 9.63. The molecule has 0 bridgehead atoms. The van der Waals surface area contributed by atoms with Gasteiger partial charge in [-0.3, -0.25) is 9.48 Å². The van der Waals surface area contributed by atoms with Crippen LogP contribution in [0.5, 0.6) is 0 Å². The fourth-order valence-electron chi connectivity index (χ4n) is 1.67. The van der Waals surface area contributed by atoms with E-state index in [1.165, 1.54) is 0 Å². The van der Waals surface area contributed by atoms with Crippen molar-refractivity contribution in [2.24, 2.45) is 0 Å². The molecule has 0 fully saturated rings. The van der Waals surface area contributed by atoms with E-state index in [2.05, 4.69) is 5.10 Å². The highest BCUT2D eigenvalue weighted by Gasteiger charge is 2.02. The fourth-order valence-corrected chi connectivity index (χ4v) is 1.67. The van der Waals surface area contributed by atoms with Gasteiger partial charge in [-0.05, 0) is 24.1 Å². The molecule has 0 spiro atoms. The molecule has 2 rings (SSSR count). The molecule has 1 aromatic carbocycles. The number of hydrogen-bond donors (Lipinski definition) is 1. The van der Waals surface area contributed by atoms with Crippen molar-refractivity contribution in [3.8, 4) is 0 Å². The molecule has 4 nitrogen and oxygen atoms in total. The van der Waals surface area contributed by atoms with Crippen LogP contribution in [0.2, 0.25) is 0 Å². The first-order valence-electron chi connectivity index (χ1n) is 5.43. The predicted octanol–water partition coefficient (Wildman–Crippen LogP) is 1.87. The van der Waals surface area contributed by atoms with Crippen LogP contribution in [0.3, 0.4) is 0 Å². The Hall–Kier alpha value is -2.10. The van der Waals surface area contributed by atoms with Crippen molar-refractivity contribution in [2.75, 3.05) is 0 Å². The summed E-state index contributed by atoms with van der Waals surface area (Å²) < 4.78 is 1.91. The molecule has 1 N–H and O–H groups in total. The maximum absolute atomic E-state index is 10.5. The van der Waals surface area contributed by atoms with Crippen LogP contribution in [-0.4, -0.2) is 20.9 Å². The summed E-state index contributed by atoms with van der Waals surface area (Å²) >= 11 is 0. The summed E-state index contributed by atoms with van der Waals surface area (Å²) in [5.74, 6) is -0.805. The van der Waals surface area contributed by atoms with Crippen molar-refractivity contribution >= 4 is 5.97 Å². The zero-order valence-electron chi connectivity index (χ0n) is 9.63. The van der Waals surface area contributed by atoms with E-state index < -0.39 is 5.97 Å². The van der Waals surface area contributed by atoms with Crippen molar-refractivity contribution < 1.29 is 9.90 Å². The standard InChI is InChI=1S/C13H14N2O2/c1-10-6-7-14-15(10)9-12-4-2-11(3-5-12)8-13(16)17/h2-7H,8-9H2,1H3,(H,16,17). The number of benzene rings is 1. The summed E-state index contributed by atoms with van der Waals surface area (Å²) in [5.41, 5.74) is 3.05. The first-order chi connectivity index (χ1) is 8.15. The van der Waals surface area contributed by atoms with Gasteiger partial charge >= 0.3 is 5.97 Å². The Balaban J connectivity index is 2.08. The van der Waals surface area contributed by atoms with Crippen molar-refractivity contribution in [2.45, 2.75) is 19.9 Å². The largest absolute Gasteiger partial charge is 0.481 e. The van der Waals surface area contributed by atoms with Crippen LogP contribution in [0.25, 0.3) is 0 Å². The van der Waals surface area contributed by atoms with Crippen molar-refractivity contribution in [3.63, 3.8) is 0 Å². The Morgan fingerprint density at radius 1 is 1.24 bits per heavy atom. The van der Waals surface area contributed by atoms with Gasteiger partial charge in [0.05, 0.1) is 13.0 Å². The second kappa shape index (κ2) is 4.82. The number of carbonyl (C=O) groups is 1. The molecule has 0 saturated heterocycles. The van der Waals surface area contributed by atoms with Crippen LogP contribution in [0.1, 0.15) is 16.8 Å². The zero-order chi connectivity index (χ0) is 12.3. The minimum Gasteiger partial charge on any atom is -0.481 e. The molecule has 17 heavy (non-hydrogen) atoms. The molecule has 0 radical (unpaired) electrons. The minimum absolute atomic E-state index is 0.0705. The van der Waals surface area contributed by atoms with E-state index in [4.69, 9.17) is 5.11 Å². The Kier molecular flexibility index (Phi) is 3.23. The maximum atomic E-state index is 10.5. The van der Waals surface area contributed by atoms with Crippen LogP contribution >= 0.6 is 0 Å². The van der Waals surface area contributed by atoms with Gasteiger partial charge in [-0.1, -0.05) is 24.3 Å². The van der Waals surface area contributed by atoms with E-state index in [9.17, 15) is 4.79 Å². The lowest BCUT2D eigenvalue weighted by atomic mass is 10.1. The van der Waals surface area contributed by atoms with E-state index >= 15 is 0 Å². The third-order valence-corrected chi connectivity index (χ3v) is 2.64. The van der Waals surface area contributed by atoms with Gasteiger partial charge < -0.3 is 5.11 Å². The SMILES string of the molecule is Cc1ccnn1Cc1ccc(CC(=O)O)cc1. The van der Waals surface area contributed by atoms with E-state index in [0.29, 0.717) is 6.54 Å². The Bertz CT molecular complexity index is 514. The number of hydrogen-bond acceptors (Lipinski definition) is 2. The minimum atomic E-state index is -0.805. The molecule has 0 aliphatic heterocycles. The number of rotatable bonds is 4. The number of aliphatic carboxylic acids is 1. The average Bonchev–Trinajstić information content (AvgIpc) is 2.67. The van der Waals surface area contributed by atoms with Crippen LogP contribution in [0.4, 0.5) is 0 Å². The average molecular weight is 230 g/mol. The predicted molar refractivity (Wildman–Crippen MR) is 63.8 cm³/mol. The number of aromatic nitrogens is 2. The quantitative estimate of drug-likeness (QED) is 0.872. The normalized spacial score (nSPS) is 10.4. The van der Waals surface area contributed by atoms with E-state index in [-0.39, 0.29) is 6.42 Å². The van der Waals surface area contributed by atoms with Crippen LogP contribution < -0.4 is 0 Å². The molecule has 4 heteroatoms. The molecule has 1 aromatic heterocycles. The second-order valence-corrected chi connectivity index (χ2v) is 4.02. The summed E-state index contributed by atoms with van der Waals surface area (Å²) in [6.45, 7) is 2.72. The fraction of sp³-hybridized carbons (Fsp3) is 0.231. The number of nitrogens with zero attached hydrogens (tertiary/aromatic N) is 2. The lowest BCUT2D eigenvalue weighted by Gasteiger charge is -2.05. The van der Waals surface area contributed by atoms with Crippen LogP contribution in [-0.2, 0) is 17.8 Å². The lowest BCUT2D eigenvalue weighted by molar-refractivity contribution is -0.136. The Labute approximate surface area is 99.5 Å². The first kappa shape index (κ1) is 11.4. The van der Waals surface area contributed by atoms with E-state index in [1.807, 2.05) is 41.9 Å². The van der Waals surface area contributed by atoms with Crippen LogP contribution in [0.15, 0.2) is 36.5 Å². The van der Waals surface area contributed by atoms with Gasteiger partial charge in [-0.25, -0.2) is 0 Å². The smallest absolute Gasteiger partial charge is 0.307 e. The van der Waals surface area contributed by atoms with Gasteiger partial charge in [0.15, 0.2) is 0 Å². The molecule has 0 saturated carbocycles. The van der Waals surface area contributed by atoms with Gasteiger partial charge in [0.25, 0.3) is 0 Å². The summed E-state index contributed by atoms with van der Waals surface area (Å²) in [6, 6.07) is 9.54. The van der Waals surface area contributed by atoms with Gasteiger partial charge in [0, 0.05) is 11.9 Å². The summed E-state index contributed by atoms with van der Waals surface area (Å²) in [5, 5.41) is 12.9. The lowest BCUT2D eigenvalue weighted by Crippen LogP contribution is -2.04. The monoisotopic (exact) mass is 230 g/mol. The molecular formula is C13H14N2O2. The number of aryl methyl sites for hydroxylation is 1. The highest BCUT2D eigenvalue weighted by Crippen LogP contribution is 2.08. The molecule has 0 aliphatic rings. The van der Waals surface area contributed by atoms with Gasteiger partial charge in [0.1, 0.15) is 0 Å². The Morgan fingerprint density at radius 2 is 1.88 bits per heavy atom. The molecule has 0 amide bonds. The summed E-state index contributed by atoms with van der Waals surface area (Å²) in [4.78, 5) is 10.5. The highest BCUT2D eigenvalue weighted by molar-refractivity contribution is 5.70. The molecule has 2 aromatic rings. The topological polar surface area (TPSA) is 55.1 Å². The van der Waals surface area contributed by atoms with Crippen LogP contribution in [0, 0.1) is 6.92 Å². The third-order valence-electron chi connectivity index (χ3n) is 2.64. The van der Waals surface area contributed by atoms with Gasteiger partial charge in [0.2, 0.25) is 0 Å². The van der Waals surface area contributed by atoms with Gasteiger partial charge in [-0.2, -0.15) is 5.10 Å². The van der Waals surface area contributed by atoms with E-state index in [0.717, 1.165) is 16.8 Å². The van der Waals surface area contributed by atoms with Crippen molar-refractivity contribution in [1.29, 1.82) is 0 Å². The summed E-state index contributed by atoms with van der Waals surface area (Å²) in [6.07, 6.45) is 1.84. The number of carboxylic acid groups (broad SMARTS) is 1. The molecule has 0 unspecified atom stereocenters. The van der Waals surface area contributed by atoms with Gasteiger partial charge in [-0.15, -0.1) is 0 Å².